The summed E-state index contributed by atoms with van der Waals surface area (Å²) >= 11 is 0. The van der Waals surface area contributed by atoms with E-state index in [4.69, 9.17) is 5.73 Å². The number of fused-ring (bicyclic) bond motifs is 1. The molecule has 4 rings (SSSR count). The molecule has 1 aliphatic rings. The van der Waals surface area contributed by atoms with Crippen LogP contribution in [0.25, 0.3) is 22.0 Å². The van der Waals surface area contributed by atoms with Crippen LogP contribution in [0.4, 0.5) is 19.0 Å². The summed E-state index contributed by atoms with van der Waals surface area (Å²) in [6.45, 7) is 2.66. The van der Waals surface area contributed by atoms with Gasteiger partial charge in [0, 0.05) is 43.3 Å². The first kappa shape index (κ1) is 19.2. The lowest BCUT2D eigenvalue weighted by Gasteiger charge is -2.32. The van der Waals surface area contributed by atoms with Gasteiger partial charge >= 0.3 is 6.18 Å². The van der Waals surface area contributed by atoms with Gasteiger partial charge in [0.05, 0.1) is 22.8 Å². The maximum atomic E-state index is 13.4. The van der Waals surface area contributed by atoms with Crippen LogP contribution in [-0.2, 0) is 6.18 Å². The van der Waals surface area contributed by atoms with Crippen LogP contribution < -0.4 is 5.73 Å². The number of rotatable bonds is 2. The summed E-state index contributed by atoms with van der Waals surface area (Å²) in [5.74, 6) is -0.177. The second-order valence-electron chi connectivity index (χ2n) is 7.11. The SMILES string of the molecule is CN1CCN(C(=O)c2cnc(N)c(-c3cc(C(F)(F)F)cc4[nH]ncc34)c2)CC1. The number of hydrogen-bond acceptors (Lipinski definition) is 5. The number of halogens is 3. The van der Waals surface area contributed by atoms with Crippen LogP contribution in [0.15, 0.2) is 30.6 Å². The van der Waals surface area contributed by atoms with E-state index in [-0.39, 0.29) is 33.9 Å². The van der Waals surface area contributed by atoms with Crippen molar-refractivity contribution in [2.75, 3.05) is 39.0 Å². The van der Waals surface area contributed by atoms with Crippen molar-refractivity contribution in [1.29, 1.82) is 0 Å². The number of benzene rings is 1. The van der Waals surface area contributed by atoms with Crippen LogP contribution in [0.3, 0.4) is 0 Å². The summed E-state index contributed by atoms with van der Waals surface area (Å²) in [7, 11) is 1.98. The highest BCUT2D eigenvalue weighted by atomic mass is 19.4. The van der Waals surface area contributed by atoms with E-state index in [1.54, 1.807) is 4.90 Å². The smallest absolute Gasteiger partial charge is 0.383 e. The lowest BCUT2D eigenvalue weighted by Crippen LogP contribution is -2.47. The van der Waals surface area contributed by atoms with Crippen molar-refractivity contribution < 1.29 is 18.0 Å². The number of aromatic nitrogens is 3. The topological polar surface area (TPSA) is 91.1 Å². The first-order chi connectivity index (χ1) is 13.7. The van der Waals surface area contributed by atoms with Crippen LogP contribution >= 0.6 is 0 Å². The van der Waals surface area contributed by atoms with E-state index in [1.807, 2.05) is 7.05 Å². The predicted octanol–water partition coefficient (Wildman–Crippen LogP) is 2.61. The van der Waals surface area contributed by atoms with Crippen LogP contribution in [-0.4, -0.2) is 64.1 Å². The summed E-state index contributed by atoms with van der Waals surface area (Å²) in [5, 5.41) is 6.88. The first-order valence-electron chi connectivity index (χ1n) is 9.02. The number of nitrogens with two attached hydrogens (primary N) is 1. The van der Waals surface area contributed by atoms with Gasteiger partial charge < -0.3 is 15.5 Å². The third-order valence-corrected chi connectivity index (χ3v) is 5.13. The number of H-pyrrole nitrogens is 1. The van der Waals surface area contributed by atoms with Gasteiger partial charge in [0.25, 0.3) is 5.91 Å². The Kier molecular flexibility index (Phi) is 4.65. The quantitative estimate of drug-likeness (QED) is 0.685. The predicted molar refractivity (Wildman–Crippen MR) is 102 cm³/mol. The van der Waals surface area contributed by atoms with Gasteiger partial charge in [0.2, 0.25) is 0 Å². The van der Waals surface area contributed by atoms with Gasteiger partial charge in [0.15, 0.2) is 0 Å². The molecule has 0 unspecified atom stereocenters. The van der Waals surface area contributed by atoms with Crippen molar-refractivity contribution in [3.63, 3.8) is 0 Å². The zero-order chi connectivity index (χ0) is 20.8. The summed E-state index contributed by atoms with van der Waals surface area (Å²) in [4.78, 5) is 20.8. The Labute approximate surface area is 164 Å². The molecule has 0 bridgehead atoms. The Morgan fingerprint density at radius 2 is 1.83 bits per heavy atom. The first-order valence-corrected chi connectivity index (χ1v) is 9.02. The van der Waals surface area contributed by atoms with Crippen LogP contribution in [0.5, 0.6) is 0 Å². The van der Waals surface area contributed by atoms with Gasteiger partial charge in [-0.05, 0) is 30.8 Å². The highest BCUT2D eigenvalue weighted by Crippen LogP contribution is 2.38. The average Bonchev–Trinajstić information content (AvgIpc) is 3.16. The van der Waals surface area contributed by atoms with E-state index >= 15 is 0 Å². The Hall–Kier alpha value is -3.14. The number of pyridine rings is 1. The van der Waals surface area contributed by atoms with Crippen molar-refractivity contribution >= 4 is 22.6 Å². The van der Waals surface area contributed by atoms with E-state index in [2.05, 4.69) is 20.1 Å². The molecule has 0 aliphatic carbocycles. The average molecular weight is 404 g/mol. The highest BCUT2D eigenvalue weighted by molar-refractivity contribution is 6.01. The fraction of sp³-hybridized carbons (Fsp3) is 0.316. The number of nitrogens with zero attached hydrogens (tertiary/aromatic N) is 4. The van der Waals surface area contributed by atoms with Gasteiger partial charge in [-0.25, -0.2) is 4.98 Å². The highest BCUT2D eigenvalue weighted by Gasteiger charge is 2.32. The number of carbonyl (C=O) groups is 1. The van der Waals surface area contributed by atoms with Gasteiger partial charge in [-0.1, -0.05) is 0 Å². The maximum absolute atomic E-state index is 13.4. The van der Waals surface area contributed by atoms with Crippen molar-refractivity contribution in [3.8, 4) is 11.1 Å². The monoisotopic (exact) mass is 404 g/mol. The molecule has 0 atom stereocenters. The third-order valence-electron chi connectivity index (χ3n) is 5.13. The number of alkyl halides is 3. The van der Waals surface area contributed by atoms with Gasteiger partial charge in [0.1, 0.15) is 5.82 Å². The van der Waals surface area contributed by atoms with Crippen molar-refractivity contribution in [1.82, 2.24) is 25.0 Å². The molecule has 0 spiro atoms. The van der Waals surface area contributed by atoms with Crippen LogP contribution in [0.1, 0.15) is 15.9 Å². The summed E-state index contributed by atoms with van der Waals surface area (Å²) in [6.07, 6.45) is -1.75. The number of anilines is 1. The molecule has 1 amide bonds. The van der Waals surface area contributed by atoms with Gasteiger partial charge in [-0.2, -0.15) is 18.3 Å². The molecule has 1 fully saturated rings. The molecule has 0 saturated carbocycles. The Morgan fingerprint density at radius 1 is 1.10 bits per heavy atom. The zero-order valence-corrected chi connectivity index (χ0v) is 15.6. The van der Waals surface area contributed by atoms with Crippen LogP contribution in [0.2, 0.25) is 0 Å². The number of hydrogen-bond donors (Lipinski definition) is 2. The van der Waals surface area contributed by atoms with Crippen LogP contribution in [0, 0.1) is 0 Å². The Balaban J connectivity index is 1.79. The normalized spacial score (nSPS) is 15.8. The fourth-order valence-corrected chi connectivity index (χ4v) is 3.44. The summed E-state index contributed by atoms with van der Waals surface area (Å²) < 4.78 is 40.1. The number of carbonyl (C=O) groups excluding carboxylic acids is 1. The standard InChI is InChI=1S/C19H19F3N6O/c1-27-2-4-28(5-3-27)18(29)11-6-14(17(23)24-9-11)13-7-12(19(20,21)22)8-16-15(13)10-25-26-16/h6-10H,2-5H2,1H3,(H2,23,24)(H,25,26). The number of nitrogens with one attached hydrogen (secondary N) is 1. The van der Waals surface area contributed by atoms with E-state index in [1.165, 1.54) is 18.5 Å². The van der Waals surface area contributed by atoms with E-state index in [9.17, 15) is 18.0 Å². The molecule has 3 N–H and O–H groups in total. The molecule has 3 aromatic rings. The molecule has 3 heterocycles. The minimum absolute atomic E-state index is 0.0433. The molecule has 1 saturated heterocycles. The van der Waals surface area contributed by atoms with Crippen molar-refractivity contribution in [2.24, 2.45) is 0 Å². The molecule has 29 heavy (non-hydrogen) atoms. The van der Waals surface area contributed by atoms with Crippen molar-refractivity contribution in [3.05, 3.63) is 41.7 Å². The molecule has 1 aromatic carbocycles. The number of piperazine rings is 1. The molecular formula is C19H19F3N6O. The molecule has 1 aliphatic heterocycles. The number of nitrogen functional groups attached to an aromatic ring is 1. The second kappa shape index (κ2) is 7.03. The minimum Gasteiger partial charge on any atom is -0.383 e. The summed E-state index contributed by atoms with van der Waals surface area (Å²) in [5.41, 5.74) is 6.15. The van der Waals surface area contributed by atoms with E-state index < -0.39 is 11.7 Å². The Bertz CT molecular complexity index is 1070. The molecule has 7 nitrogen and oxygen atoms in total. The third kappa shape index (κ3) is 3.63. The summed E-state index contributed by atoms with van der Waals surface area (Å²) in [6, 6.07) is 3.51. The fourth-order valence-electron chi connectivity index (χ4n) is 3.44. The van der Waals surface area contributed by atoms with E-state index in [0.717, 1.165) is 25.2 Å². The largest absolute Gasteiger partial charge is 0.416 e. The van der Waals surface area contributed by atoms with Crippen molar-refractivity contribution in [2.45, 2.75) is 6.18 Å². The minimum atomic E-state index is -4.54. The molecular weight excluding hydrogens is 385 g/mol. The lowest BCUT2D eigenvalue weighted by molar-refractivity contribution is -0.137. The maximum Gasteiger partial charge on any atom is 0.416 e. The molecule has 0 radical (unpaired) electrons. The lowest BCUT2D eigenvalue weighted by atomic mass is 9.98. The molecule has 152 valence electrons. The number of amides is 1. The Morgan fingerprint density at radius 3 is 2.52 bits per heavy atom. The molecule has 10 heteroatoms. The zero-order valence-electron chi connectivity index (χ0n) is 15.6. The molecule has 2 aromatic heterocycles. The van der Waals surface area contributed by atoms with E-state index in [0.29, 0.717) is 18.5 Å². The number of aromatic amines is 1. The van der Waals surface area contributed by atoms with Gasteiger partial charge in [-0.3, -0.25) is 9.89 Å². The van der Waals surface area contributed by atoms with Gasteiger partial charge in [-0.15, -0.1) is 0 Å². The number of likely N-dealkylation sites (N-methyl/N-ethyl adjacent to an activating group) is 1. The second-order valence-corrected chi connectivity index (χ2v) is 7.11.